The van der Waals surface area contributed by atoms with Crippen LogP contribution in [0.15, 0.2) is 4.42 Å². The zero-order chi connectivity index (χ0) is 12.8. The minimum atomic E-state index is -0.262. The first-order valence-electron chi connectivity index (χ1n) is 5.66. The Hall–Kier alpha value is -1.43. The number of aryl methyl sites for hydroxylation is 1. The van der Waals surface area contributed by atoms with Gasteiger partial charge in [0.1, 0.15) is 0 Å². The maximum absolute atomic E-state index is 11.3. The van der Waals surface area contributed by atoms with Crippen molar-refractivity contribution in [2.75, 3.05) is 13.7 Å². The molecule has 0 saturated carbocycles. The van der Waals surface area contributed by atoms with E-state index in [2.05, 4.69) is 21.9 Å². The lowest BCUT2D eigenvalue weighted by molar-refractivity contribution is -0.142. The molecule has 0 bridgehead atoms. The third-order valence-electron chi connectivity index (χ3n) is 2.68. The van der Waals surface area contributed by atoms with Crippen LogP contribution in [0.5, 0.6) is 0 Å². The minimum Gasteiger partial charge on any atom is -0.468 e. The second kappa shape index (κ2) is 6.34. The zero-order valence-electron chi connectivity index (χ0n) is 10.8. The first kappa shape index (κ1) is 13.6. The Morgan fingerprint density at radius 1 is 1.53 bits per heavy atom. The summed E-state index contributed by atoms with van der Waals surface area (Å²) in [6.45, 7) is 6.54. The molecule has 1 heterocycles. The maximum Gasteiger partial charge on any atom is 0.319 e. The zero-order valence-corrected chi connectivity index (χ0v) is 10.8. The molecule has 0 aliphatic rings. The summed E-state index contributed by atoms with van der Waals surface area (Å²) in [5, 5.41) is 7.69. The second-order valence-electron chi connectivity index (χ2n) is 3.95. The maximum atomic E-state index is 11.3. The summed E-state index contributed by atoms with van der Waals surface area (Å²) >= 11 is 0. The van der Waals surface area contributed by atoms with Gasteiger partial charge in [-0.3, -0.25) is 9.69 Å². The summed E-state index contributed by atoms with van der Waals surface area (Å²) in [4.78, 5) is 13.3. The monoisotopic (exact) mass is 241 g/mol. The fourth-order valence-electron chi connectivity index (χ4n) is 1.43. The number of ether oxygens (including phenoxy) is 1. The van der Waals surface area contributed by atoms with Crippen molar-refractivity contribution >= 4 is 5.97 Å². The van der Waals surface area contributed by atoms with E-state index in [4.69, 9.17) is 4.42 Å². The predicted molar refractivity (Wildman–Crippen MR) is 61.2 cm³/mol. The van der Waals surface area contributed by atoms with E-state index in [1.165, 1.54) is 7.11 Å². The molecule has 1 atom stereocenters. The fraction of sp³-hybridized carbons (Fsp3) is 0.727. The SMILES string of the molecule is CC[C@H](C)N(CC(=O)OC)Cc1nnc(C)o1. The van der Waals surface area contributed by atoms with Gasteiger partial charge in [-0.05, 0) is 13.3 Å². The Morgan fingerprint density at radius 2 is 2.24 bits per heavy atom. The third kappa shape index (κ3) is 4.14. The van der Waals surface area contributed by atoms with Crippen LogP contribution in [0, 0.1) is 6.92 Å². The average molecular weight is 241 g/mol. The molecule has 0 fully saturated rings. The highest BCUT2D eigenvalue weighted by Crippen LogP contribution is 2.09. The first-order chi connectivity index (χ1) is 8.06. The molecular weight excluding hydrogens is 222 g/mol. The van der Waals surface area contributed by atoms with Crippen molar-refractivity contribution in [1.29, 1.82) is 0 Å². The van der Waals surface area contributed by atoms with Crippen molar-refractivity contribution in [2.24, 2.45) is 0 Å². The van der Waals surface area contributed by atoms with Gasteiger partial charge in [-0.2, -0.15) is 0 Å². The van der Waals surface area contributed by atoms with Crippen molar-refractivity contribution in [2.45, 2.75) is 39.8 Å². The molecule has 96 valence electrons. The van der Waals surface area contributed by atoms with Crippen LogP contribution in [0.2, 0.25) is 0 Å². The van der Waals surface area contributed by atoms with Gasteiger partial charge in [0, 0.05) is 13.0 Å². The number of nitrogens with zero attached hydrogens (tertiary/aromatic N) is 3. The number of hydrogen-bond donors (Lipinski definition) is 0. The Labute approximate surface area is 101 Å². The van der Waals surface area contributed by atoms with E-state index in [0.717, 1.165) is 6.42 Å². The average Bonchev–Trinajstić information content (AvgIpc) is 2.72. The van der Waals surface area contributed by atoms with E-state index in [-0.39, 0.29) is 18.6 Å². The number of carbonyl (C=O) groups is 1. The van der Waals surface area contributed by atoms with Crippen LogP contribution in [-0.4, -0.2) is 40.8 Å². The van der Waals surface area contributed by atoms with Crippen LogP contribution < -0.4 is 0 Å². The van der Waals surface area contributed by atoms with E-state index >= 15 is 0 Å². The summed E-state index contributed by atoms with van der Waals surface area (Å²) in [5.74, 6) is 0.787. The van der Waals surface area contributed by atoms with Crippen LogP contribution in [0.3, 0.4) is 0 Å². The topological polar surface area (TPSA) is 68.5 Å². The molecule has 1 aromatic heterocycles. The number of carbonyl (C=O) groups excluding carboxylic acids is 1. The Morgan fingerprint density at radius 3 is 2.71 bits per heavy atom. The molecule has 0 saturated heterocycles. The van der Waals surface area contributed by atoms with Gasteiger partial charge in [-0.25, -0.2) is 0 Å². The van der Waals surface area contributed by atoms with Gasteiger partial charge in [-0.15, -0.1) is 10.2 Å². The molecule has 0 aliphatic heterocycles. The molecule has 0 aliphatic carbocycles. The van der Waals surface area contributed by atoms with Crippen molar-refractivity contribution in [1.82, 2.24) is 15.1 Å². The molecule has 1 aromatic rings. The van der Waals surface area contributed by atoms with Crippen LogP contribution in [0.4, 0.5) is 0 Å². The van der Waals surface area contributed by atoms with Crippen LogP contribution in [0.25, 0.3) is 0 Å². The lowest BCUT2D eigenvalue weighted by atomic mass is 10.2. The third-order valence-corrected chi connectivity index (χ3v) is 2.68. The van der Waals surface area contributed by atoms with Crippen LogP contribution >= 0.6 is 0 Å². The van der Waals surface area contributed by atoms with Gasteiger partial charge in [0.25, 0.3) is 0 Å². The quantitative estimate of drug-likeness (QED) is 0.696. The van der Waals surface area contributed by atoms with Gasteiger partial charge < -0.3 is 9.15 Å². The molecule has 0 unspecified atom stereocenters. The highest BCUT2D eigenvalue weighted by Gasteiger charge is 2.19. The molecule has 0 N–H and O–H groups in total. The van der Waals surface area contributed by atoms with Crippen molar-refractivity contribution in [3.63, 3.8) is 0 Å². The van der Waals surface area contributed by atoms with E-state index in [9.17, 15) is 4.79 Å². The van der Waals surface area contributed by atoms with Crippen molar-refractivity contribution in [3.8, 4) is 0 Å². The molecule has 0 aromatic carbocycles. The normalized spacial score (nSPS) is 12.8. The second-order valence-corrected chi connectivity index (χ2v) is 3.95. The lowest BCUT2D eigenvalue weighted by Crippen LogP contribution is -2.37. The van der Waals surface area contributed by atoms with Crippen molar-refractivity contribution < 1.29 is 13.9 Å². The number of methoxy groups -OCH3 is 1. The summed E-state index contributed by atoms with van der Waals surface area (Å²) in [6, 6.07) is 0.251. The van der Waals surface area contributed by atoms with Gasteiger partial charge in [0.05, 0.1) is 20.2 Å². The minimum absolute atomic E-state index is 0.229. The standard InChI is InChI=1S/C11H19N3O3/c1-5-8(2)14(7-11(15)16-4)6-10-13-12-9(3)17-10/h8H,5-7H2,1-4H3/t8-/m0/s1. The van der Waals surface area contributed by atoms with Crippen molar-refractivity contribution in [3.05, 3.63) is 11.8 Å². The number of aromatic nitrogens is 2. The van der Waals surface area contributed by atoms with Gasteiger partial charge in [0.2, 0.25) is 11.8 Å². The van der Waals surface area contributed by atoms with Crippen LogP contribution in [-0.2, 0) is 16.1 Å². The molecule has 17 heavy (non-hydrogen) atoms. The van der Waals surface area contributed by atoms with E-state index in [1.807, 2.05) is 11.8 Å². The smallest absolute Gasteiger partial charge is 0.319 e. The molecule has 0 spiro atoms. The molecular formula is C11H19N3O3. The molecule has 0 radical (unpaired) electrons. The fourth-order valence-corrected chi connectivity index (χ4v) is 1.43. The largest absolute Gasteiger partial charge is 0.468 e. The molecule has 6 heteroatoms. The summed E-state index contributed by atoms with van der Waals surface area (Å²) in [5.41, 5.74) is 0. The summed E-state index contributed by atoms with van der Waals surface area (Å²) < 4.78 is 9.98. The molecule has 0 amide bonds. The first-order valence-corrected chi connectivity index (χ1v) is 5.66. The highest BCUT2D eigenvalue weighted by atomic mass is 16.5. The summed E-state index contributed by atoms with van der Waals surface area (Å²) in [6.07, 6.45) is 0.935. The Bertz CT molecular complexity index is 365. The predicted octanol–water partition coefficient (Wildman–Crippen LogP) is 1.15. The number of esters is 1. The van der Waals surface area contributed by atoms with E-state index in [0.29, 0.717) is 18.3 Å². The highest BCUT2D eigenvalue weighted by molar-refractivity contribution is 5.71. The number of hydrogen-bond acceptors (Lipinski definition) is 6. The Balaban J connectivity index is 2.66. The van der Waals surface area contributed by atoms with E-state index < -0.39 is 0 Å². The van der Waals surface area contributed by atoms with Gasteiger partial charge in [0.15, 0.2) is 0 Å². The molecule has 6 nitrogen and oxygen atoms in total. The van der Waals surface area contributed by atoms with E-state index in [1.54, 1.807) is 6.92 Å². The lowest BCUT2D eigenvalue weighted by Gasteiger charge is -2.25. The van der Waals surface area contributed by atoms with Crippen LogP contribution in [0.1, 0.15) is 32.0 Å². The number of rotatable bonds is 6. The molecule has 1 rings (SSSR count). The van der Waals surface area contributed by atoms with Gasteiger partial charge >= 0.3 is 5.97 Å². The Kier molecular flexibility index (Phi) is 5.09. The van der Waals surface area contributed by atoms with Gasteiger partial charge in [-0.1, -0.05) is 6.92 Å². The summed E-state index contributed by atoms with van der Waals surface area (Å²) in [7, 11) is 1.38.